The fourth-order valence-corrected chi connectivity index (χ4v) is 2.17. The minimum atomic E-state index is -0.492. The highest BCUT2D eigenvalue weighted by molar-refractivity contribution is 7.99. The van der Waals surface area contributed by atoms with Crippen LogP contribution in [0, 0.1) is 17.1 Å². The molecule has 0 saturated heterocycles. The summed E-state index contributed by atoms with van der Waals surface area (Å²) in [7, 11) is 0. The van der Waals surface area contributed by atoms with E-state index in [1.165, 1.54) is 18.2 Å². The summed E-state index contributed by atoms with van der Waals surface area (Å²) in [6, 6.07) is 7.28. The number of hydrogen-bond donors (Lipinski definition) is 2. The fraction of sp³-hybridized carbons (Fsp3) is 0. The molecule has 0 fully saturated rings. The fourth-order valence-electron chi connectivity index (χ4n) is 1.30. The van der Waals surface area contributed by atoms with Gasteiger partial charge < -0.3 is 11.5 Å². The number of nitriles is 1. The molecule has 0 aliphatic heterocycles. The van der Waals surface area contributed by atoms with Gasteiger partial charge in [-0.15, -0.1) is 0 Å². The van der Waals surface area contributed by atoms with Crippen molar-refractivity contribution in [2.45, 2.75) is 10.1 Å². The van der Waals surface area contributed by atoms with E-state index in [0.29, 0.717) is 10.1 Å². The molecule has 0 aliphatic carbocycles. The average Bonchev–Trinajstić information content (AvgIpc) is 2.26. The second-order valence-corrected chi connectivity index (χ2v) is 4.43. The minimum Gasteiger partial charge on any atom is -0.383 e. The summed E-state index contributed by atoms with van der Waals surface area (Å²) in [4.78, 5) is 8.43. The Bertz CT molecular complexity index is 618. The third-order valence-electron chi connectivity index (χ3n) is 1.95. The van der Waals surface area contributed by atoms with Crippen LogP contribution >= 0.6 is 11.8 Å². The van der Waals surface area contributed by atoms with Gasteiger partial charge in [0.15, 0.2) is 5.16 Å². The summed E-state index contributed by atoms with van der Waals surface area (Å²) >= 11 is 1.09. The molecule has 90 valence electrons. The lowest BCUT2D eigenvalue weighted by atomic mass is 10.2. The molecule has 5 nitrogen and oxygen atoms in total. The highest BCUT2D eigenvalue weighted by Gasteiger charge is 2.06. The molecular weight excluding hydrogens is 253 g/mol. The second kappa shape index (κ2) is 4.89. The predicted octanol–water partition coefficient (Wildman–Crippen LogP) is 1.80. The molecule has 2 aromatic rings. The molecule has 4 N–H and O–H groups in total. The third-order valence-corrected chi connectivity index (χ3v) is 2.79. The van der Waals surface area contributed by atoms with Crippen molar-refractivity contribution < 1.29 is 4.39 Å². The molecule has 0 saturated carbocycles. The largest absolute Gasteiger partial charge is 0.383 e. The van der Waals surface area contributed by atoms with E-state index in [2.05, 4.69) is 9.97 Å². The van der Waals surface area contributed by atoms with E-state index in [9.17, 15) is 4.39 Å². The van der Waals surface area contributed by atoms with Crippen molar-refractivity contribution >= 4 is 23.4 Å². The maximum Gasteiger partial charge on any atom is 0.196 e. The van der Waals surface area contributed by atoms with Gasteiger partial charge in [-0.2, -0.15) is 5.26 Å². The summed E-state index contributed by atoms with van der Waals surface area (Å²) in [5.74, 6) is -0.0164. The van der Waals surface area contributed by atoms with Crippen molar-refractivity contribution in [3.63, 3.8) is 0 Å². The van der Waals surface area contributed by atoms with E-state index in [-0.39, 0.29) is 17.2 Å². The van der Waals surface area contributed by atoms with Crippen molar-refractivity contribution in [3.05, 3.63) is 35.6 Å². The van der Waals surface area contributed by atoms with E-state index in [4.69, 9.17) is 16.7 Å². The van der Waals surface area contributed by atoms with Gasteiger partial charge in [0.25, 0.3) is 0 Å². The SMILES string of the molecule is N#Cc1cc(F)cc(Sc2nc(N)cc(N)n2)c1. The van der Waals surface area contributed by atoms with Gasteiger partial charge in [0.05, 0.1) is 11.6 Å². The van der Waals surface area contributed by atoms with E-state index in [1.54, 1.807) is 0 Å². The van der Waals surface area contributed by atoms with Gasteiger partial charge in [0.1, 0.15) is 17.5 Å². The van der Waals surface area contributed by atoms with Crippen molar-refractivity contribution in [2.24, 2.45) is 0 Å². The monoisotopic (exact) mass is 261 g/mol. The minimum absolute atomic E-state index is 0.231. The lowest BCUT2D eigenvalue weighted by molar-refractivity contribution is 0.623. The Labute approximate surface area is 107 Å². The van der Waals surface area contributed by atoms with E-state index in [0.717, 1.165) is 17.8 Å². The molecule has 0 unspecified atom stereocenters. The van der Waals surface area contributed by atoms with E-state index in [1.807, 2.05) is 6.07 Å². The van der Waals surface area contributed by atoms with Gasteiger partial charge in [-0.1, -0.05) is 0 Å². The molecular formula is C11H8FN5S. The first kappa shape index (κ1) is 12.1. The van der Waals surface area contributed by atoms with Gasteiger partial charge in [-0.05, 0) is 30.0 Å². The molecule has 0 aliphatic rings. The normalized spacial score (nSPS) is 10.0. The molecule has 1 heterocycles. The number of anilines is 2. The molecule has 1 aromatic heterocycles. The zero-order valence-corrected chi connectivity index (χ0v) is 9.91. The van der Waals surface area contributed by atoms with Gasteiger partial charge in [-0.3, -0.25) is 0 Å². The van der Waals surface area contributed by atoms with Crippen LogP contribution in [-0.4, -0.2) is 9.97 Å². The summed E-state index contributed by atoms with van der Waals surface area (Å²) in [6.07, 6.45) is 0. The van der Waals surface area contributed by atoms with Crippen molar-refractivity contribution in [2.75, 3.05) is 11.5 Å². The van der Waals surface area contributed by atoms with Crippen LogP contribution in [0.5, 0.6) is 0 Å². The van der Waals surface area contributed by atoms with E-state index >= 15 is 0 Å². The van der Waals surface area contributed by atoms with Gasteiger partial charge in [0, 0.05) is 11.0 Å². The summed E-state index contributed by atoms with van der Waals surface area (Å²) in [6.45, 7) is 0. The maximum absolute atomic E-state index is 13.2. The highest BCUT2D eigenvalue weighted by Crippen LogP contribution is 2.27. The first-order valence-corrected chi connectivity index (χ1v) is 5.67. The van der Waals surface area contributed by atoms with Crippen molar-refractivity contribution in [3.8, 4) is 6.07 Å². The van der Waals surface area contributed by atoms with Crippen LogP contribution in [0.4, 0.5) is 16.0 Å². The average molecular weight is 261 g/mol. The Morgan fingerprint density at radius 1 is 1.11 bits per heavy atom. The number of benzene rings is 1. The standard InChI is InChI=1S/C11H8FN5S/c12-7-1-6(5-13)2-8(3-7)18-11-16-9(14)4-10(15)17-11/h1-4H,(H4,14,15,16,17). The first-order valence-electron chi connectivity index (χ1n) is 4.85. The van der Waals surface area contributed by atoms with Gasteiger partial charge in [-0.25, -0.2) is 14.4 Å². The number of rotatable bonds is 2. The number of aromatic nitrogens is 2. The topological polar surface area (TPSA) is 102 Å². The Balaban J connectivity index is 2.34. The third kappa shape index (κ3) is 2.87. The highest BCUT2D eigenvalue weighted by atomic mass is 32.2. The van der Waals surface area contributed by atoms with Crippen molar-refractivity contribution in [1.29, 1.82) is 5.26 Å². The molecule has 0 radical (unpaired) electrons. The van der Waals surface area contributed by atoms with Crippen LogP contribution in [-0.2, 0) is 0 Å². The Morgan fingerprint density at radius 3 is 2.39 bits per heavy atom. The lowest BCUT2D eigenvalue weighted by Gasteiger charge is -2.03. The molecule has 2 rings (SSSR count). The zero-order valence-electron chi connectivity index (χ0n) is 9.09. The van der Waals surface area contributed by atoms with Crippen LogP contribution in [0.25, 0.3) is 0 Å². The second-order valence-electron chi connectivity index (χ2n) is 3.39. The summed E-state index contributed by atoms with van der Waals surface area (Å²) in [5, 5.41) is 9.05. The van der Waals surface area contributed by atoms with E-state index < -0.39 is 5.82 Å². The quantitative estimate of drug-likeness (QED) is 0.799. The van der Waals surface area contributed by atoms with Crippen molar-refractivity contribution in [1.82, 2.24) is 9.97 Å². The molecule has 0 atom stereocenters. The summed E-state index contributed by atoms with van der Waals surface area (Å²) in [5.41, 5.74) is 11.3. The summed E-state index contributed by atoms with van der Waals surface area (Å²) < 4.78 is 13.2. The number of hydrogen-bond acceptors (Lipinski definition) is 6. The van der Waals surface area contributed by atoms with Crippen LogP contribution in [0.3, 0.4) is 0 Å². The zero-order chi connectivity index (χ0) is 13.1. The number of nitrogens with zero attached hydrogens (tertiary/aromatic N) is 3. The first-order chi connectivity index (χ1) is 8.56. The van der Waals surface area contributed by atoms with Gasteiger partial charge in [0.2, 0.25) is 0 Å². The molecule has 0 amide bonds. The Morgan fingerprint density at radius 2 is 1.78 bits per heavy atom. The maximum atomic E-state index is 13.2. The number of nitrogen functional groups attached to an aromatic ring is 2. The molecule has 7 heteroatoms. The smallest absolute Gasteiger partial charge is 0.196 e. The molecule has 1 aromatic carbocycles. The lowest BCUT2D eigenvalue weighted by Crippen LogP contribution is -1.99. The molecule has 18 heavy (non-hydrogen) atoms. The molecule has 0 spiro atoms. The van der Waals surface area contributed by atoms with Gasteiger partial charge >= 0.3 is 0 Å². The van der Waals surface area contributed by atoms with Crippen LogP contribution in [0.1, 0.15) is 5.56 Å². The van der Waals surface area contributed by atoms with Crippen LogP contribution in [0.15, 0.2) is 34.3 Å². The number of halogens is 1. The van der Waals surface area contributed by atoms with Crippen LogP contribution < -0.4 is 11.5 Å². The number of nitrogens with two attached hydrogens (primary N) is 2. The Hall–Kier alpha value is -2.33. The Kier molecular flexibility index (Phi) is 3.30. The molecule has 0 bridgehead atoms. The van der Waals surface area contributed by atoms with Crippen LogP contribution in [0.2, 0.25) is 0 Å². The predicted molar refractivity (Wildman–Crippen MR) is 66.1 cm³/mol.